The second-order valence-corrected chi connectivity index (χ2v) is 7.40. The van der Waals surface area contributed by atoms with Crippen LogP contribution in [0.3, 0.4) is 0 Å². The number of hydrogen-bond acceptors (Lipinski definition) is 7. The molecule has 7 nitrogen and oxygen atoms in total. The molecule has 1 unspecified atom stereocenters. The molecule has 0 spiro atoms. The van der Waals surface area contributed by atoms with Crippen molar-refractivity contribution in [3.63, 3.8) is 0 Å². The SMILES string of the molecule is COCc1nc(-c2ccc3c(c2)CCC3NC(=O)c2cnc(C)s2)no1. The predicted molar refractivity (Wildman–Crippen MR) is 95.8 cm³/mol. The summed E-state index contributed by atoms with van der Waals surface area (Å²) in [5.41, 5.74) is 3.25. The quantitative estimate of drug-likeness (QED) is 0.742. The first-order valence-corrected chi connectivity index (χ1v) is 9.13. The average molecular weight is 370 g/mol. The summed E-state index contributed by atoms with van der Waals surface area (Å²) in [5, 5.41) is 8.00. The lowest BCUT2D eigenvalue weighted by molar-refractivity contribution is 0.0940. The minimum absolute atomic E-state index is 0.0169. The minimum atomic E-state index is -0.0695. The Balaban J connectivity index is 1.51. The zero-order valence-corrected chi connectivity index (χ0v) is 15.3. The first kappa shape index (κ1) is 16.9. The number of aryl methyl sites for hydroxylation is 2. The number of thiazole rings is 1. The first-order chi connectivity index (χ1) is 12.6. The van der Waals surface area contributed by atoms with Crippen LogP contribution in [-0.4, -0.2) is 28.1 Å². The van der Waals surface area contributed by atoms with Gasteiger partial charge in [0, 0.05) is 12.7 Å². The molecule has 4 rings (SSSR count). The maximum atomic E-state index is 12.4. The summed E-state index contributed by atoms with van der Waals surface area (Å²) in [6.07, 6.45) is 3.41. The largest absolute Gasteiger partial charge is 0.375 e. The van der Waals surface area contributed by atoms with Gasteiger partial charge in [0.25, 0.3) is 11.8 Å². The van der Waals surface area contributed by atoms with Crippen molar-refractivity contribution in [1.82, 2.24) is 20.4 Å². The third-order valence-corrected chi connectivity index (χ3v) is 5.28. The summed E-state index contributed by atoms with van der Waals surface area (Å²) < 4.78 is 10.2. The van der Waals surface area contributed by atoms with Gasteiger partial charge in [0.15, 0.2) is 0 Å². The predicted octanol–water partition coefficient (Wildman–Crippen LogP) is 3.07. The van der Waals surface area contributed by atoms with Gasteiger partial charge in [-0.2, -0.15) is 4.98 Å². The lowest BCUT2D eigenvalue weighted by Gasteiger charge is -2.13. The highest BCUT2D eigenvalue weighted by atomic mass is 32.1. The van der Waals surface area contributed by atoms with E-state index in [2.05, 4.69) is 26.5 Å². The molecule has 0 saturated heterocycles. The van der Waals surface area contributed by atoms with Crippen LogP contribution in [0.2, 0.25) is 0 Å². The van der Waals surface area contributed by atoms with Crippen molar-refractivity contribution in [2.45, 2.75) is 32.4 Å². The van der Waals surface area contributed by atoms with Crippen LogP contribution in [0.25, 0.3) is 11.4 Å². The first-order valence-electron chi connectivity index (χ1n) is 8.32. The molecular formula is C18H18N4O3S. The van der Waals surface area contributed by atoms with Crippen LogP contribution in [0.1, 0.15) is 44.2 Å². The maximum absolute atomic E-state index is 12.4. The molecule has 1 amide bonds. The summed E-state index contributed by atoms with van der Waals surface area (Å²) in [6.45, 7) is 2.19. The Hall–Kier alpha value is -2.58. The van der Waals surface area contributed by atoms with Gasteiger partial charge in [-0.1, -0.05) is 17.3 Å². The third kappa shape index (κ3) is 3.25. The molecule has 1 N–H and O–H groups in total. The molecule has 2 heterocycles. The van der Waals surface area contributed by atoms with Crippen LogP contribution in [0, 0.1) is 6.92 Å². The lowest BCUT2D eigenvalue weighted by atomic mass is 10.0. The number of methoxy groups -OCH3 is 1. The summed E-state index contributed by atoms with van der Waals surface area (Å²) in [4.78, 5) is 21.5. The molecule has 0 radical (unpaired) electrons. The number of carbonyl (C=O) groups excluding carboxylic acids is 1. The van der Waals surface area contributed by atoms with E-state index in [0.717, 1.165) is 29.0 Å². The van der Waals surface area contributed by atoms with Gasteiger partial charge in [-0.25, -0.2) is 4.98 Å². The van der Waals surface area contributed by atoms with E-state index in [4.69, 9.17) is 9.26 Å². The van der Waals surface area contributed by atoms with Gasteiger partial charge in [0.2, 0.25) is 5.82 Å². The van der Waals surface area contributed by atoms with Crippen molar-refractivity contribution in [2.24, 2.45) is 0 Å². The van der Waals surface area contributed by atoms with Crippen LogP contribution in [-0.2, 0) is 17.8 Å². The van der Waals surface area contributed by atoms with E-state index in [1.54, 1.807) is 13.3 Å². The van der Waals surface area contributed by atoms with E-state index >= 15 is 0 Å². The molecule has 1 atom stereocenters. The highest BCUT2D eigenvalue weighted by Crippen LogP contribution is 2.34. The Kier molecular flexibility index (Phi) is 4.52. The number of benzene rings is 1. The van der Waals surface area contributed by atoms with Gasteiger partial charge >= 0.3 is 0 Å². The summed E-state index contributed by atoms with van der Waals surface area (Å²) in [7, 11) is 1.58. The minimum Gasteiger partial charge on any atom is -0.375 e. The molecule has 26 heavy (non-hydrogen) atoms. The molecule has 0 saturated carbocycles. The van der Waals surface area contributed by atoms with E-state index in [1.165, 1.54) is 16.9 Å². The van der Waals surface area contributed by atoms with Gasteiger partial charge in [-0.15, -0.1) is 11.3 Å². The maximum Gasteiger partial charge on any atom is 0.263 e. The van der Waals surface area contributed by atoms with Gasteiger partial charge in [0.1, 0.15) is 11.5 Å². The molecule has 2 aromatic heterocycles. The second-order valence-electron chi connectivity index (χ2n) is 6.17. The van der Waals surface area contributed by atoms with Gasteiger partial charge in [0.05, 0.1) is 17.2 Å². The highest BCUT2D eigenvalue weighted by molar-refractivity contribution is 7.13. The molecule has 1 aliphatic carbocycles. The van der Waals surface area contributed by atoms with Gasteiger partial charge < -0.3 is 14.6 Å². The van der Waals surface area contributed by atoms with E-state index in [0.29, 0.717) is 23.2 Å². The number of aromatic nitrogens is 3. The Morgan fingerprint density at radius 3 is 3.12 bits per heavy atom. The van der Waals surface area contributed by atoms with Crippen LogP contribution >= 0.6 is 11.3 Å². The Bertz CT molecular complexity index is 950. The van der Waals surface area contributed by atoms with Crippen molar-refractivity contribution in [2.75, 3.05) is 7.11 Å². The Morgan fingerprint density at radius 2 is 2.35 bits per heavy atom. The van der Waals surface area contributed by atoms with Crippen molar-refractivity contribution < 1.29 is 14.1 Å². The van der Waals surface area contributed by atoms with E-state index in [1.807, 2.05) is 19.1 Å². The third-order valence-electron chi connectivity index (χ3n) is 4.37. The molecule has 1 aromatic carbocycles. The number of rotatable bonds is 5. The fourth-order valence-electron chi connectivity index (χ4n) is 3.16. The zero-order chi connectivity index (χ0) is 18.1. The molecule has 134 valence electrons. The van der Waals surface area contributed by atoms with Crippen LogP contribution < -0.4 is 5.32 Å². The topological polar surface area (TPSA) is 90.1 Å². The fraction of sp³-hybridized carbons (Fsp3) is 0.333. The standard InChI is InChI=1S/C18H18N4O3S/c1-10-19-8-15(26-10)18(23)20-14-6-4-11-7-12(3-5-13(11)14)17-21-16(9-24-2)25-22-17/h3,5,7-8,14H,4,6,9H2,1-2H3,(H,20,23). The molecule has 0 fully saturated rings. The van der Waals surface area contributed by atoms with Crippen LogP contribution in [0.4, 0.5) is 0 Å². The molecular weight excluding hydrogens is 352 g/mol. The average Bonchev–Trinajstić information content (AvgIpc) is 3.35. The number of hydrogen-bond donors (Lipinski definition) is 1. The number of ether oxygens (including phenoxy) is 1. The Morgan fingerprint density at radius 1 is 1.46 bits per heavy atom. The zero-order valence-electron chi connectivity index (χ0n) is 14.5. The van der Waals surface area contributed by atoms with E-state index in [-0.39, 0.29) is 11.9 Å². The highest BCUT2D eigenvalue weighted by Gasteiger charge is 2.25. The smallest absolute Gasteiger partial charge is 0.263 e. The van der Waals surface area contributed by atoms with Crippen molar-refractivity contribution in [1.29, 1.82) is 0 Å². The molecule has 0 bridgehead atoms. The Labute approximate surface area is 154 Å². The van der Waals surface area contributed by atoms with E-state index < -0.39 is 0 Å². The summed E-state index contributed by atoms with van der Waals surface area (Å²) >= 11 is 1.41. The van der Waals surface area contributed by atoms with Crippen molar-refractivity contribution >= 4 is 17.2 Å². The normalized spacial score (nSPS) is 15.8. The van der Waals surface area contributed by atoms with E-state index in [9.17, 15) is 4.79 Å². The summed E-state index contributed by atoms with van der Waals surface area (Å²) in [6, 6.07) is 6.08. The number of nitrogens with zero attached hydrogens (tertiary/aromatic N) is 3. The molecule has 3 aromatic rings. The number of nitrogens with one attached hydrogen (secondary N) is 1. The fourth-order valence-corrected chi connectivity index (χ4v) is 3.84. The number of fused-ring (bicyclic) bond motifs is 1. The van der Waals surface area contributed by atoms with Crippen molar-refractivity contribution in [3.05, 3.63) is 51.3 Å². The molecule has 8 heteroatoms. The summed E-state index contributed by atoms with van der Waals surface area (Å²) in [5.74, 6) is 0.931. The molecule has 0 aliphatic heterocycles. The van der Waals surface area contributed by atoms with Crippen LogP contribution in [0.5, 0.6) is 0 Å². The molecule has 1 aliphatic rings. The lowest BCUT2D eigenvalue weighted by Crippen LogP contribution is -2.26. The monoisotopic (exact) mass is 370 g/mol. The van der Waals surface area contributed by atoms with Crippen LogP contribution in [0.15, 0.2) is 28.9 Å². The van der Waals surface area contributed by atoms with Gasteiger partial charge in [-0.05, 0) is 37.0 Å². The second kappa shape index (κ2) is 6.97. The van der Waals surface area contributed by atoms with Crippen molar-refractivity contribution in [3.8, 4) is 11.4 Å². The van der Waals surface area contributed by atoms with Gasteiger partial charge in [-0.3, -0.25) is 4.79 Å². The number of amides is 1. The number of carbonyl (C=O) groups is 1.